The van der Waals surface area contributed by atoms with Gasteiger partial charge in [0.15, 0.2) is 0 Å². The largest absolute Gasteiger partial charge is 0.492 e. The van der Waals surface area contributed by atoms with E-state index in [2.05, 4.69) is 10.2 Å². The third kappa shape index (κ3) is 3.71. The third-order valence-electron chi connectivity index (χ3n) is 3.61. The molecule has 1 unspecified atom stereocenters. The minimum atomic E-state index is -0.0253. The lowest BCUT2D eigenvalue weighted by molar-refractivity contribution is -0.129. The Labute approximate surface area is 120 Å². The van der Waals surface area contributed by atoms with Crippen LogP contribution in [-0.2, 0) is 11.3 Å². The standard InChI is InChI=1S/C15H23N3O2/c1-2-14-15(19)17-6-7-18(14)8-9-20-13-5-3-4-12(10-13)11-16/h3-5,10,14H,2,6-9,11,16H2,1H3,(H,17,19). The highest BCUT2D eigenvalue weighted by Gasteiger charge is 2.27. The van der Waals surface area contributed by atoms with Crippen molar-refractivity contribution in [2.75, 3.05) is 26.2 Å². The van der Waals surface area contributed by atoms with Crippen LogP contribution >= 0.6 is 0 Å². The number of hydrogen-bond donors (Lipinski definition) is 2. The minimum absolute atomic E-state index is 0.0253. The molecule has 2 rings (SSSR count). The Morgan fingerprint density at radius 2 is 2.35 bits per heavy atom. The first-order valence-corrected chi connectivity index (χ1v) is 7.18. The highest BCUT2D eigenvalue weighted by molar-refractivity contribution is 5.82. The monoisotopic (exact) mass is 277 g/mol. The first-order valence-electron chi connectivity index (χ1n) is 7.18. The average Bonchev–Trinajstić information content (AvgIpc) is 2.48. The topological polar surface area (TPSA) is 67.6 Å². The molecule has 1 amide bonds. The molecule has 110 valence electrons. The predicted octanol–water partition coefficient (Wildman–Crippen LogP) is 0.735. The molecule has 1 fully saturated rings. The molecule has 3 N–H and O–H groups in total. The van der Waals surface area contributed by atoms with E-state index in [-0.39, 0.29) is 11.9 Å². The van der Waals surface area contributed by atoms with Crippen molar-refractivity contribution in [2.24, 2.45) is 5.73 Å². The molecule has 1 saturated heterocycles. The van der Waals surface area contributed by atoms with Gasteiger partial charge in [0.2, 0.25) is 5.91 Å². The molecule has 1 aromatic carbocycles. The van der Waals surface area contributed by atoms with Crippen LogP contribution in [0, 0.1) is 0 Å². The molecule has 5 nitrogen and oxygen atoms in total. The van der Waals surface area contributed by atoms with Crippen LogP contribution in [0.4, 0.5) is 0 Å². The van der Waals surface area contributed by atoms with Crippen molar-refractivity contribution < 1.29 is 9.53 Å². The summed E-state index contributed by atoms with van der Waals surface area (Å²) >= 11 is 0. The number of hydrogen-bond acceptors (Lipinski definition) is 4. The van der Waals surface area contributed by atoms with Gasteiger partial charge in [-0.3, -0.25) is 9.69 Å². The average molecular weight is 277 g/mol. The van der Waals surface area contributed by atoms with Gasteiger partial charge in [-0.05, 0) is 24.1 Å². The smallest absolute Gasteiger partial charge is 0.237 e. The molecule has 0 radical (unpaired) electrons. The first kappa shape index (κ1) is 14.8. The molecule has 0 bridgehead atoms. The van der Waals surface area contributed by atoms with E-state index in [1.807, 2.05) is 31.2 Å². The predicted molar refractivity (Wildman–Crippen MR) is 78.5 cm³/mol. The highest BCUT2D eigenvalue weighted by Crippen LogP contribution is 2.13. The molecule has 1 aliphatic heterocycles. The van der Waals surface area contributed by atoms with E-state index in [0.717, 1.165) is 37.4 Å². The number of carbonyl (C=O) groups is 1. The number of benzene rings is 1. The summed E-state index contributed by atoms with van der Waals surface area (Å²) in [5, 5.41) is 2.90. The Kier molecular flexibility index (Phi) is 5.38. The van der Waals surface area contributed by atoms with Crippen LogP contribution in [0.15, 0.2) is 24.3 Å². The molecular formula is C15H23N3O2. The Morgan fingerprint density at radius 3 is 3.10 bits per heavy atom. The molecule has 0 aliphatic carbocycles. The van der Waals surface area contributed by atoms with Crippen LogP contribution < -0.4 is 15.8 Å². The maximum atomic E-state index is 11.7. The summed E-state index contributed by atoms with van der Waals surface area (Å²) in [6.45, 7) is 5.50. The lowest BCUT2D eigenvalue weighted by Gasteiger charge is -2.34. The molecule has 1 aliphatic rings. The number of nitrogens with zero attached hydrogens (tertiary/aromatic N) is 1. The van der Waals surface area contributed by atoms with Crippen LogP contribution in [0.1, 0.15) is 18.9 Å². The number of amides is 1. The maximum absolute atomic E-state index is 11.7. The van der Waals surface area contributed by atoms with Crippen LogP contribution in [0.25, 0.3) is 0 Å². The van der Waals surface area contributed by atoms with Crippen LogP contribution in [0.2, 0.25) is 0 Å². The van der Waals surface area contributed by atoms with Crippen LogP contribution in [0.5, 0.6) is 5.75 Å². The van der Waals surface area contributed by atoms with Crippen molar-refractivity contribution >= 4 is 5.91 Å². The SMILES string of the molecule is CCC1C(=O)NCCN1CCOc1cccc(CN)c1. The molecule has 0 aromatic heterocycles. The fraction of sp³-hybridized carbons (Fsp3) is 0.533. The molecule has 5 heteroatoms. The van der Waals surface area contributed by atoms with Gasteiger partial charge in [0.1, 0.15) is 12.4 Å². The summed E-state index contributed by atoms with van der Waals surface area (Å²) in [5.74, 6) is 0.964. The van der Waals surface area contributed by atoms with Crippen LogP contribution in [0.3, 0.4) is 0 Å². The minimum Gasteiger partial charge on any atom is -0.492 e. The van der Waals surface area contributed by atoms with Crippen molar-refractivity contribution in [1.29, 1.82) is 0 Å². The third-order valence-corrected chi connectivity index (χ3v) is 3.61. The Balaban J connectivity index is 1.83. The Bertz CT molecular complexity index is 450. The molecular weight excluding hydrogens is 254 g/mol. The summed E-state index contributed by atoms with van der Waals surface area (Å²) in [7, 11) is 0. The van der Waals surface area contributed by atoms with Gasteiger partial charge in [-0.2, -0.15) is 0 Å². The molecule has 1 aromatic rings. The van der Waals surface area contributed by atoms with Gasteiger partial charge < -0.3 is 15.8 Å². The lowest BCUT2D eigenvalue weighted by atomic mass is 10.1. The van der Waals surface area contributed by atoms with E-state index >= 15 is 0 Å². The normalized spacial score (nSPS) is 19.7. The quantitative estimate of drug-likeness (QED) is 0.804. The second-order valence-electron chi connectivity index (χ2n) is 4.95. The molecule has 1 atom stereocenters. The fourth-order valence-electron chi connectivity index (χ4n) is 2.52. The number of rotatable bonds is 6. The summed E-state index contributed by atoms with van der Waals surface area (Å²) in [5.41, 5.74) is 6.67. The second kappa shape index (κ2) is 7.26. The van der Waals surface area contributed by atoms with E-state index in [1.165, 1.54) is 0 Å². The number of piperazine rings is 1. The molecule has 0 saturated carbocycles. The van der Waals surface area contributed by atoms with Gasteiger partial charge in [-0.1, -0.05) is 19.1 Å². The van der Waals surface area contributed by atoms with E-state index in [0.29, 0.717) is 13.2 Å². The van der Waals surface area contributed by atoms with E-state index < -0.39 is 0 Å². The lowest BCUT2D eigenvalue weighted by Crippen LogP contribution is -2.55. The second-order valence-corrected chi connectivity index (χ2v) is 4.95. The van der Waals surface area contributed by atoms with Gasteiger partial charge >= 0.3 is 0 Å². The highest BCUT2D eigenvalue weighted by atomic mass is 16.5. The fourth-order valence-corrected chi connectivity index (χ4v) is 2.52. The zero-order valence-electron chi connectivity index (χ0n) is 12.0. The summed E-state index contributed by atoms with van der Waals surface area (Å²) < 4.78 is 5.75. The number of nitrogens with two attached hydrogens (primary N) is 1. The zero-order valence-corrected chi connectivity index (χ0v) is 12.0. The molecule has 0 spiro atoms. The van der Waals surface area contributed by atoms with Gasteiger partial charge in [0.05, 0.1) is 6.04 Å². The zero-order chi connectivity index (χ0) is 14.4. The van der Waals surface area contributed by atoms with Gasteiger partial charge in [0, 0.05) is 26.2 Å². The summed E-state index contributed by atoms with van der Waals surface area (Å²) in [6.07, 6.45) is 0.828. The first-order chi connectivity index (χ1) is 9.74. The van der Waals surface area contributed by atoms with Crippen molar-refractivity contribution in [3.8, 4) is 5.75 Å². The van der Waals surface area contributed by atoms with E-state index in [1.54, 1.807) is 0 Å². The maximum Gasteiger partial charge on any atom is 0.237 e. The summed E-state index contributed by atoms with van der Waals surface area (Å²) in [6, 6.07) is 7.79. The number of nitrogens with one attached hydrogen (secondary N) is 1. The Morgan fingerprint density at radius 1 is 1.50 bits per heavy atom. The van der Waals surface area contributed by atoms with Gasteiger partial charge in [-0.25, -0.2) is 0 Å². The molecule has 20 heavy (non-hydrogen) atoms. The number of carbonyl (C=O) groups excluding carboxylic acids is 1. The van der Waals surface area contributed by atoms with Crippen LogP contribution in [-0.4, -0.2) is 43.1 Å². The van der Waals surface area contributed by atoms with E-state index in [4.69, 9.17) is 10.5 Å². The van der Waals surface area contributed by atoms with Crippen molar-refractivity contribution in [3.63, 3.8) is 0 Å². The van der Waals surface area contributed by atoms with Gasteiger partial charge in [-0.15, -0.1) is 0 Å². The van der Waals surface area contributed by atoms with Crippen molar-refractivity contribution in [2.45, 2.75) is 25.9 Å². The Hall–Kier alpha value is -1.59. The van der Waals surface area contributed by atoms with Crippen molar-refractivity contribution in [3.05, 3.63) is 29.8 Å². The number of ether oxygens (including phenoxy) is 1. The molecule has 1 heterocycles. The van der Waals surface area contributed by atoms with E-state index in [9.17, 15) is 4.79 Å². The van der Waals surface area contributed by atoms with Crippen molar-refractivity contribution in [1.82, 2.24) is 10.2 Å². The summed E-state index contributed by atoms with van der Waals surface area (Å²) in [4.78, 5) is 13.9. The van der Waals surface area contributed by atoms with Gasteiger partial charge in [0.25, 0.3) is 0 Å².